The summed E-state index contributed by atoms with van der Waals surface area (Å²) in [6, 6.07) is 2.77. The topological polar surface area (TPSA) is 12.0 Å². The van der Waals surface area contributed by atoms with Gasteiger partial charge in [-0.05, 0) is 24.6 Å². The van der Waals surface area contributed by atoms with Crippen molar-refractivity contribution in [3.05, 3.63) is 34.9 Å². The Bertz CT molecular complexity index is 309. The molecule has 1 nitrogen and oxygen atoms in total. The third kappa shape index (κ3) is 1.44. The third-order valence-electron chi connectivity index (χ3n) is 2.41. The van der Waals surface area contributed by atoms with Gasteiger partial charge in [-0.15, -0.1) is 0 Å². The molecule has 1 aliphatic heterocycles. The van der Waals surface area contributed by atoms with Gasteiger partial charge in [0.1, 0.15) is 11.6 Å². The molecule has 0 unspecified atom stereocenters. The third-order valence-corrected chi connectivity index (χ3v) is 2.41. The molecule has 13 heavy (non-hydrogen) atoms. The van der Waals surface area contributed by atoms with E-state index in [1.165, 1.54) is 12.1 Å². The van der Waals surface area contributed by atoms with Crippen LogP contribution in [0.4, 0.5) is 8.78 Å². The number of hydrogen-bond donors (Lipinski definition) is 1. The first kappa shape index (κ1) is 8.63. The van der Waals surface area contributed by atoms with Crippen molar-refractivity contribution in [1.29, 1.82) is 0 Å². The first-order chi connectivity index (χ1) is 6.18. The van der Waals surface area contributed by atoms with E-state index < -0.39 is 11.6 Å². The van der Waals surface area contributed by atoms with E-state index in [0.29, 0.717) is 18.7 Å². The van der Waals surface area contributed by atoms with E-state index in [4.69, 9.17) is 0 Å². The van der Waals surface area contributed by atoms with Crippen molar-refractivity contribution in [3.63, 3.8) is 0 Å². The highest BCUT2D eigenvalue weighted by Crippen LogP contribution is 2.26. The summed E-state index contributed by atoms with van der Waals surface area (Å²) < 4.78 is 26.6. The highest BCUT2D eigenvalue weighted by atomic mass is 19.1. The second-order valence-electron chi connectivity index (χ2n) is 3.50. The second-order valence-corrected chi connectivity index (χ2v) is 3.50. The quantitative estimate of drug-likeness (QED) is 0.701. The lowest BCUT2D eigenvalue weighted by molar-refractivity contribution is 0.411. The summed E-state index contributed by atoms with van der Waals surface area (Å²) in [5.74, 6) is -0.811. The zero-order valence-corrected chi connectivity index (χ0v) is 7.40. The summed E-state index contributed by atoms with van der Waals surface area (Å²) in [5, 5.41) is 3.00. The van der Waals surface area contributed by atoms with Gasteiger partial charge in [-0.2, -0.15) is 0 Å². The van der Waals surface area contributed by atoms with Crippen LogP contribution in [-0.2, 0) is 0 Å². The minimum atomic E-state index is -0.413. The highest BCUT2D eigenvalue weighted by molar-refractivity contribution is 5.30. The van der Waals surface area contributed by atoms with E-state index in [2.05, 4.69) is 5.32 Å². The molecule has 0 bridgehead atoms. The Morgan fingerprint density at radius 1 is 1.23 bits per heavy atom. The molecular weight excluding hydrogens is 172 g/mol. The summed E-state index contributed by atoms with van der Waals surface area (Å²) in [6.07, 6.45) is 0. The van der Waals surface area contributed by atoms with Crippen LogP contribution in [0, 0.1) is 18.6 Å². The minimum Gasteiger partial charge on any atom is -0.315 e. The van der Waals surface area contributed by atoms with Crippen molar-refractivity contribution >= 4 is 0 Å². The van der Waals surface area contributed by atoms with Gasteiger partial charge in [-0.25, -0.2) is 8.78 Å². The van der Waals surface area contributed by atoms with Gasteiger partial charge in [0.25, 0.3) is 0 Å². The predicted octanol–water partition coefficient (Wildman–Crippen LogP) is 1.96. The Balaban J connectivity index is 2.43. The molecular formula is C10H11F2N. The SMILES string of the molecule is Cc1cc(F)c(C2CNC2)c(F)c1. The molecule has 1 saturated heterocycles. The van der Waals surface area contributed by atoms with Crippen LogP contribution in [0.15, 0.2) is 12.1 Å². The Morgan fingerprint density at radius 2 is 1.77 bits per heavy atom. The number of aryl methyl sites for hydroxylation is 1. The van der Waals surface area contributed by atoms with Gasteiger partial charge >= 0.3 is 0 Å². The smallest absolute Gasteiger partial charge is 0.129 e. The van der Waals surface area contributed by atoms with E-state index in [-0.39, 0.29) is 11.5 Å². The van der Waals surface area contributed by atoms with Crippen LogP contribution in [0.1, 0.15) is 17.0 Å². The van der Waals surface area contributed by atoms with Crippen LogP contribution < -0.4 is 5.32 Å². The fraction of sp³-hybridized carbons (Fsp3) is 0.400. The van der Waals surface area contributed by atoms with Crippen LogP contribution in [-0.4, -0.2) is 13.1 Å². The Morgan fingerprint density at radius 3 is 2.15 bits per heavy atom. The van der Waals surface area contributed by atoms with Gasteiger partial charge in [0.05, 0.1) is 0 Å². The summed E-state index contributed by atoms with van der Waals surface area (Å²) in [6.45, 7) is 3.04. The Hall–Kier alpha value is -0.960. The van der Waals surface area contributed by atoms with Crippen LogP contribution >= 0.6 is 0 Å². The largest absolute Gasteiger partial charge is 0.315 e. The Kier molecular flexibility index (Phi) is 2.04. The van der Waals surface area contributed by atoms with Gasteiger partial charge < -0.3 is 5.32 Å². The molecule has 0 spiro atoms. The maximum atomic E-state index is 13.3. The summed E-state index contributed by atoms with van der Waals surface area (Å²) in [5.41, 5.74) is 0.871. The average Bonchev–Trinajstić information content (AvgIpc) is 1.92. The maximum absolute atomic E-state index is 13.3. The maximum Gasteiger partial charge on any atom is 0.129 e. The second kappa shape index (κ2) is 3.07. The van der Waals surface area contributed by atoms with Gasteiger partial charge in [-0.3, -0.25) is 0 Å². The molecule has 0 aromatic heterocycles. The van der Waals surface area contributed by atoms with Gasteiger partial charge in [0.2, 0.25) is 0 Å². The van der Waals surface area contributed by atoms with E-state index in [9.17, 15) is 8.78 Å². The molecule has 1 N–H and O–H groups in total. The molecule has 1 aromatic carbocycles. The fourth-order valence-corrected chi connectivity index (χ4v) is 1.59. The van der Waals surface area contributed by atoms with Crippen LogP contribution in [0.25, 0.3) is 0 Å². The summed E-state index contributed by atoms with van der Waals surface area (Å²) in [4.78, 5) is 0. The van der Waals surface area contributed by atoms with Crippen molar-refractivity contribution in [2.45, 2.75) is 12.8 Å². The van der Waals surface area contributed by atoms with Crippen molar-refractivity contribution in [3.8, 4) is 0 Å². The number of benzene rings is 1. The molecule has 0 saturated carbocycles. The summed E-state index contributed by atoms with van der Waals surface area (Å²) in [7, 11) is 0. The predicted molar refractivity (Wildman–Crippen MR) is 46.7 cm³/mol. The van der Waals surface area contributed by atoms with E-state index >= 15 is 0 Å². The fourth-order valence-electron chi connectivity index (χ4n) is 1.59. The van der Waals surface area contributed by atoms with Gasteiger partial charge in [-0.1, -0.05) is 0 Å². The minimum absolute atomic E-state index is 0.0144. The zero-order valence-electron chi connectivity index (χ0n) is 7.40. The van der Waals surface area contributed by atoms with Gasteiger partial charge in [0.15, 0.2) is 0 Å². The van der Waals surface area contributed by atoms with Gasteiger partial charge in [0, 0.05) is 24.6 Å². The molecule has 0 aliphatic carbocycles. The number of rotatable bonds is 1. The molecule has 1 aliphatic rings. The lowest BCUT2D eigenvalue weighted by Crippen LogP contribution is -2.40. The van der Waals surface area contributed by atoms with Crippen LogP contribution in [0.5, 0.6) is 0 Å². The molecule has 1 aromatic rings. The molecule has 1 fully saturated rings. The summed E-state index contributed by atoms with van der Waals surface area (Å²) >= 11 is 0. The first-order valence-electron chi connectivity index (χ1n) is 4.34. The number of halogens is 2. The average molecular weight is 183 g/mol. The highest BCUT2D eigenvalue weighted by Gasteiger charge is 2.25. The molecule has 0 atom stereocenters. The van der Waals surface area contributed by atoms with Crippen molar-refractivity contribution in [2.75, 3.05) is 13.1 Å². The number of nitrogens with one attached hydrogen (secondary N) is 1. The molecule has 70 valence electrons. The first-order valence-corrected chi connectivity index (χ1v) is 4.34. The zero-order chi connectivity index (χ0) is 9.42. The lowest BCUT2D eigenvalue weighted by atomic mass is 9.92. The van der Waals surface area contributed by atoms with Crippen molar-refractivity contribution in [1.82, 2.24) is 5.32 Å². The lowest BCUT2D eigenvalue weighted by Gasteiger charge is -2.28. The molecule has 0 radical (unpaired) electrons. The Labute approximate surface area is 75.8 Å². The van der Waals surface area contributed by atoms with Crippen molar-refractivity contribution < 1.29 is 8.78 Å². The van der Waals surface area contributed by atoms with Crippen LogP contribution in [0.3, 0.4) is 0 Å². The normalized spacial score (nSPS) is 17.2. The standard InChI is InChI=1S/C10H11F2N/c1-6-2-8(11)10(9(12)3-6)7-4-13-5-7/h2-3,7,13H,4-5H2,1H3. The van der Waals surface area contributed by atoms with Crippen molar-refractivity contribution in [2.24, 2.45) is 0 Å². The molecule has 3 heteroatoms. The number of hydrogen-bond acceptors (Lipinski definition) is 1. The molecule has 1 heterocycles. The molecule has 2 rings (SSSR count). The molecule has 0 amide bonds. The van der Waals surface area contributed by atoms with E-state index in [0.717, 1.165) is 0 Å². The van der Waals surface area contributed by atoms with E-state index in [1.807, 2.05) is 0 Å². The van der Waals surface area contributed by atoms with Crippen LogP contribution in [0.2, 0.25) is 0 Å². The van der Waals surface area contributed by atoms with E-state index in [1.54, 1.807) is 6.92 Å². The monoisotopic (exact) mass is 183 g/mol.